The Morgan fingerprint density at radius 3 is 2.67 bits per heavy atom. The van der Waals surface area contributed by atoms with Gasteiger partial charge in [0.05, 0.1) is 11.4 Å². The molecule has 0 saturated heterocycles. The van der Waals surface area contributed by atoms with Crippen LogP contribution in [0.3, 0.4) is 0 Å². The van der Waals surface area contributed by atoms with Crippen LogP contribution in [0.25, 0.3) is 0 Å². The standard InChI is InChI=1S/C14H9BrClNO/c15-12-5-6-14(11(7-12)8-16)18-13-4-2-1-3-10(13)9-17/h1-7H,8H2. The van der Waals surface area contributed by atoms with Gasteiger partial charge in [-0.2, -0.15) is 5.26 Å². The second-order valence-corrected chi connectivity index (χ2v) is 4.78. The van der Waals surface area contributed by atoms with Crippen molar-refractivity contribution in [2.45, 2.75) is 5.88 Å². The molecule has 0 saturated carbocycles. The average Bonchev–Trinajstić information content (AvgIpc) is 2.41. The van der Waals surface area contributed by atoms with Gasteiger partial charge in [0.2, 0.25) is 0 Å². The first kappa shape index (κ1) is 12.9. The summed E-state index contributed by atoms with van der Waals surface area (Å²) in [7, 11) is 0. The Morgan fingerprint density at radius 2 is 1.94 bits per heavy atom. The van der Waals surface area contributed by atoms with Crippen LogP contribution >= 0.6 is 27.5 Å². The minimum atomic E-state index is 0.351. The summed E-state index contributed by atoms with van der Waals surface area (Å²) in [4.78, 5) is 0. The molecule has 2 aromatic carbocycles. The number of para-hydroxylation sites is 1. The molecule has 0 unspecified atom stereocenters. The van der Waals surface area contributed by atoms with E-state index in [4.69, 9.17) is 21.6 Å². The lowest BCUT2D eigenvalue weighted by Gasteiger charge is -2.10. The molecule has 0 spiro atoms. The summed E-state index contributed by atoms with van der Waals surface area (Å²) >= 11 is 9.26. The Bertz CT molecular complexity index is 607. The highest BCUT2D eigenvalue weighted by atomic mass is 79.9. The Hall–Kier alpha value is -1.50. The number of halogens is 2. The molecular formula is C14H9BrClNO. The first-order valence-electron chi connectivity index (χ1n) is 5.26. The maximum atomic E-state index is 9.00. The molecule has 0 N–H and O–H groups in total. The van der Waals surface area contributed by atoms with Crippen LogP contribution in [0.1, 0.15) is 11.1 Å². The van der Waals surface area contributed by atoms with Gasteiger partial charge >= 0.3 is 0 Å². The number of hydrogen-bond acceptors (Lipinski definition) is 2. The summed E-state index contributed by atoms with van der Waals surface area (Å²) in [6, 6.07) is 14.8. The number of nitriles is 1. The zero-order valence-electron chi connectivity index (χ0n) is 9.36. The lowest BCUT2D eigenvalue weighted by Crippen LogP contribution is -1.92. The Morgan fingerprint density at radius 1 is 1.17 bits per heavy atom. The van der Waals surface area contributed by atoms with E-state index >= 15 is 0 Å². The zero-order valence-corrected chi connectivity index (χ0v) is 11.7. The van der Waals surface area contributed by atoms with E-state index in [1.54, 1.807) is 18.2 Å². The lowest BCUT2D eigenvalue weighted by atomic mass is 10.2. The van der Waals surface area contributed by atoms with Crippen molar-refractivity contribution in [3.8, 4) is 17.6 Å². The Labute approximate surface area is 119 Å². The van der Waals surface area contributed by atoms with Gasteiger partial charge in [-0.25, -0.2) is 0 Å². The fraction of sp³-hybridized carbons (Fsp3) is 0.0714. The third kappa shape index (κ3) is 2.84. The highest BCUT2D eigenvalue weighted by molar-refractivity contribution is 9.10. The van der Waals surface area contributed by atoms with Crippen LogP contribution in [0.2, 0.25) is 0 Å². The smallest absolute Gasteiger partial charge is 0.145 e. The molecule has 0 radical (unpaired) electrons. The van der Waals surface area contributed by atoms with Gasteiger partial charge < -0.3 is 4.74 Å². The average molecular weight is 323 g/mol. The van der Waals surface area contributed by atoms with Gasteiger partial charge in [-0.05, 0) is 30.3 Å². The first-order valence-corrected chi connectivity index (χ1v) is 6.58. The van der Waals surface area contributed by atoms with E-state index in [1.807, 2.05) is 24.3 Å². The monoisotopic (exact) mass is 321 g/mol. The number of hydrogen-bond donors (Lipinski definition) is 0. The summed E-state index contributed by atoms with van der Waals surface area (Å²) in [5, 5.41) is 9.00. The molecule has 2 aromatic rings. The number of nitrogens with zero attached hydrogens (tertiary/aromatic N) is 1. The third-order valence-corrected chi connectivity index (χ3v) is 3.18. The predicted octanol–water partition coefficient (Wildman–Crippen LogP) is 4.85. The van der Waals surface area contributed by atoms with Crippen molar-refractivity contribution in [2.24, 2.45) is 0 Å². The van der Waals surface area contributed by atoms with E-state index < -0.39 is 0 Å². The Kier molecular flexibility index (Phi) is 4.24. The van der Waals surface area contributed by atoms with Crippen LogP contribution in [-0.4, -0.2) is 0 Å². The molecule has 4 heteroatoms. The van der Waals surface area contributed by atoms with Crippen molar-refractivity contribution in [1.29, 1.82) is 5.26 Å². The van der Waals surface area contributed by atoms with Crippen molar-refractivity contribution in [1.82, 2.24) is 0 Å². The fourth-order valence-electron chi connectivity index (χ4n) is 1.52. The van der Waals surface area contributed by atoms with Gasteiger partial charge in [-0.3, -0.25) is 0 Å². The van der Waals surface area contributed by atoms with Gasteiger partial charge in [0, 0.05) is 10.0 Å². The minimum Gasteiger partial charge on any atom is -0.456 e. The van der Waals surface area contributed by atoms with Crippen LogP contribution in [-0.2, 0) is 5.88 Å². The SMILES string of the molecule is N#Cc1ccccc1Oc1ccc(Br)cc1CCl. The molecule has 2 rings (SSSR count). The van der Waals surface area contributed by atoms with E-state index in [1.165, 1.54) is 0 Å². The summed E-state index contributed by atoms with van der Waals surface area (Å²) in [5.41, 5.74) is 1.37. The van der Waals surface area contributed by atoms with E-state index in [-0.39, 0.29) is 0 Å². The summed E-state index contributed by atoms with van der Waals surface area (Å²) in [5.74, 6) is 1.55. The normalized spacial score (nSPS) is 9.83. The molecule has 0 fully saturated rings. The zero-order chi connectivity index (χ0) is 13.0. The van der Waals surface area contributed by atoms with Crippen LogP contribution in [0.5, 0.6) is 11.5 Å². The molecule has 0 aliphatic carbocycles. The van der Waals surface area contributed by atoms with Crippen molar-refractivity contribution in [3.63, 3.8) is 0 Å². The highest BCUT2D eigenvalue weighted by Crippen LogP contribution is 2.30. The third-order valence-electron chi connectivity index (χ3n) is 2.39. The van der Waals surface area contributed by atoms with Crippen LogP contribution in [0.15, 0.2) is 46.9 Å². The topological polar surface area (TPSA) is 33.0 Å². The molecule has 0 heterocycles. The maximum absolute atomic E-state index is 9.00. The number of benzene rings is 2. The van der Waals surface area contributed by atoms with Crippen molar-refractivity contribution < 1.29 is 4.74 Å². The minimum absolute atomic E-state index is 0.351. The molecule has 0 amide bonds. The highest BCUT2D eigenvalue weighted by Gasteiger charge is 2.08. The molecule has 0 aliphatic heterocycles. The van der Waals surface area contributed by atoms with Crippen molar-refractivity contribution in [2.75, 3.05) is 0 Å². The van der Waals surface area contributed by atoms with Crippen molar-refractivity contribution >= 4 is 27.5 Å². The molecule has 0 bridgehead atoms. The number of alkyl halides is 1. The van der Waals surface area contributed by atoms with E-state index in [2.05, 4.69) is 22.0 Å². The quantitative estimate of drug-likeness (QED) is 0.757. The second kappa shape index (κ2) is 5.90. The maximum Gasteiger partial charge on any atom is 0.145 e. The van der Waals surface area contributed by atoms with Gasteiger partial charge in [-0.1, -0.05) is 28.1 Å². The van der Waals surface area contributed by atoms with Crippen LogP contribution < -0.4 is 4.74 Å². The molecule has 0 aliphatic rings. The van der Waals surface area contributed by atoms with Gasteiger partial charge in [-0.15, -0.1) is 11.6 Å². The van der Waals surface area contributed by atoms with E-state index in [0.29, 0.717) is 22.9 Å². The van der Waals surface area contributed by atoms with E-state index in [9.17, 15) is 0 Å². The molecule has 2 nitrogen and oxygen atoms in total. The lowest BCUT2D eigenvalue weighted by molar-refractivity contribution is 0.476. The first-order chi connectivity index (χ1) is 8.74. The number of rotatable bonds is 3. The molecule has 90 valence electrons. The van der Waals surface area contributed by atoms with E-state index in [0.717, 1.165) is 10.0 Å². The summed E-state index contributed by atoms with van der Waals surface area (Å²) < 4.78 is 6.69. The molecule has 0 atom stereocenters. The summed E-state index contributed by atoms with van der Waals surface area (Å²) in [6.07, 6.45) is 0. The fourth-order valence-corrected chi connectivity index (χ4v) is 2.14. The van der Waals surface area contributed by atoms with Gasteiger partial charge in [0.15, 0.2) is 0 Å². The van der Waals surface area contributed by atoms with Crippen LogP contribution in [0.4, 0.5) is 0 Å². The molecule has 0 aromatic heterocycles. The molecule has 18 heavy (non-hydrogen) atoms. The van der Waals surface area contributed by atoms with Gasteiger partial charge in [0.25, 0.3) is 0 Å². The largest absolute Gasteiger partial charge is 0.456 e. The second-order valence-electron chi connectivity index (χ2n) is 3.60. The summed E-state index contributed by atoms with van der Waals surface area (Å²) in [6.45, 7) is 0. The molecular weight excluding hydrogens is 314 g/mol. The Balaban J connectivity index is 2.37. The van der Waals surface area contributed by atoms with Gasteiger partial charge in [0.1, 0.15) is 17.6 Å². The van der Waals surface area contributed by atoms with Crippen LogP contribution in [0, 0.1) is 11.3 Å². The number of ether oxygens (including phenoxy) is 1. The predicted molar refractivity (Wildman–Crippen MR) is 74.9 cm³/mol. The van der Waals surface area contributed by atoms with Crippen molar-refractivity contribution in [3.05, 3.63) is 58.1 Å².